The number of amides is 2. The zero-order valence-electron chi connectivity index (χ0n) is 12.7. The molecule has 0 saturated carbocycles. The van der Waals surface area contributed by atoms with E-state index in [1.807, 2.05) is 47.3 Å². The molecule has 0 unspecified atom stereocenters. The Kier molecular flexibility index (Phi) is 4.68. The summed E-state index contributed by atoms with van der Waals surface area (Å²) in [5, 5.41) is 8.62. The van der Waals surface area contributed by atoms with E-state index in [2.05, 4.69) is 20.6 Å². The summed E-state index contributed by atoms with van der Waals surface area (Å²) in [6, 6.07) is 7.46. The minimum absolute atomic E-state index is 0.224. The third-order valence-corrected chi connectivity index (χ3v) is 4.21. The van der Waals surface area contributed by atoms with Gasteiger partial charge in [-0.15, -0.1) is 11.3 Å². The third-order valence-electron chi connectivity index (χ3n) is 3.20. The molecule has 0 saturated heterocycles. The van der Waals surface area contributed by atoms with Crippen LogP contribution < -0.4 is 10.6 Å². The van der Waals surface area contributed by atoms with Crippen LogP contribution in [-0.2, 0) is 6.54 Å². The molecule has 2 aromatic heterocycles. The van der Waals surface area contributed by atoms with Crippen LogP contribution in [0.25, 0.3) is 10.6 Å². The van der Waals surface area contributed by atoms with Gasteiger partial charge in [0.25, 0.3) is 0 Å². The molecule has 0 aliphatic rings. The number of urea groups is 1. The number of carbonyl (C=O) groups excluding carboxylic acids is 1. The van der Waals surface area contributed by atoms with Gasteiger partial charge < -0.3 is 15.2 Å². The van der Waals surface area contributed by atoms with E-state index in [0.717, 1.165) is 22.0 Å². The maximum Gasteiger partial charge on any atom is 0.319 e. The molecular weight excluding hydrogens is 310 g/mol. The van der Waals surface area contributed by atoms with Gasteiger partial charge in [0, 0.05) is 47.8 Å². The highest BCUT2D eigenvalue weighted by Gasteiger charge is 2.05. The number of nitrogens with one attached hydrogen (secondary N) is 2. The van der Waals surface area contributed by atoms with E-state index in [9.17, 15) is 4.79 Å². The lowest BCUT2D eigenvalue weighted by Crippen LogP contribution is -2.31. The average molecular weight is 327 g/mol. The van der Waals surface area contributed by atoms with Gasteiger partial charge in [0.2, 0.25) is 0 Å². The van der Waals surface area contributed by atoms with Crippen molar-refractivity contribution in [1.29, 1.82) is 0 Å². The van der Waals surface area contributed by atoms with E-state index < -0.39 is 0 Å². The summed E-state index contributed by atoms with van der Waals surface area (Å²) < 4.78 is 1.91. The monoisotopic (exact) mass is 327 g/mol. The predicted molar refractivity (Wildman–Crippen MR) is 91.5 cm³/mol. The van der Waals surface area contributed by atoms with Crippen molar-refractivity contribution in [3.05, 3.63) is 54.1 Å². The maximum absolute atomic E-state index is 11.9. The first kappa shape index (κ1) is 15.2. The minimum Gasteiger partial charge on any atom is -0.336 e. The van der Waals surface area contributed by atoms with Crippen LogP contribution in [-0.4, -0.2) is 27.1 Å². The van der Waals surface area contributed by atoms with Gasteiger partial charge in [-0.2, -0.15) is 0 Å². The van der Waals surface area contributed by atoms with Crippen molar-refractivity contribution in [2.75, 3.05) is 11.9 Å². The average Bonchev–Trinajstić information content (AvgIpc) is 3.19. The maximum atomic E-state index is 11.9. The van der Waals surface area contributed by atoms with Gasteiger partial charge in [-0.05, 0) is 19.1 Å². The molecule has 6 nitrogen and oxygen atoms in total. The molecule has 0 spiro atoms. The number of rotatable bonds is 5. The topological polar surface area (TPSA) is 71.8 Å². The first-order valence-corrected chi connectivity index (χ1v) is 8.12. The Balaban J connectivity index is 1.56. The van der Waals surface area contributed by atoms with E-state index in [1.54, 1.807) is 23.9 Å². The molecule has 0 bridgehead atoms. The Morgan fingerprint density at radius 3 is 3.04 bits per heavy atom. The van der Waals surface area contributed by atoms with Crippen LogP contribution in [0, 0.1) is 6.92 Å². The molecule has 7 heteroatoms. The lowest BCUT2D eigenvalue weighted by molar-refractivity contribution is 0.251. The van der Waals surface area contributed by atoms with Crippen LogP contribution in [0.3, 0.4) is 0 Å². The number of anilines is 1. The van der Waals surface area contributed by atoms with Gasteiger partial charge in [-0.3, -0.25) is 0 Å². The summed E-state index contributed by atoms with van der Waals surface area (Å²) in [6.07, 6.45) is 5.30. The Labute approximate surface area is 138 Å². The number of thiazole rings is 1. The summed E-state index contributed by atoms with van der Waals surface area (Å²) in [4.78, 5) is 20.4. The molecule has 2 heterocycles. The number of aromatic nitrogens is 3. The lowest BCUT2D eigenvalue weighted by Gasteiger charge is -2.08. The highest BCUT2D eigenvalue weighted by Crippen LogP contribution is 2.25. The smallest absolute Gasteiger partial charge is 0.319 e. The van der Waals surface area contributed by atoms with Crippen molar-refractivity contribution in [3.63, 3.8) is 0 Å². The molecule has 3 rings (SSSR count). The van der Waals surface area contributed by atoms with E-state index >= 15 is 0 Å². The number of benzene rings is 1. The summed E-state index contributed by atoms with van der Waals surface area (Å²) >= 11 is 1.59. The molecular formula is C16H17N5OS. The van der Waals surface area contributed by atoms with Crippen LogP contribution >= 0.6 is 11.3 Å². The largest absolute Gasteiger partial charge is 0.336 e. The highest BCUT2D eigenvalue weighted by atomic mass is 32.1. The second-order valence-electron chi connectivity index (χ2n) is 5.06. The summed E-state index contributed by atoms with van der Waals surface area (Å²) in [5.41, 5.74) is 2.75. The van der Waals surface area contributed by atoms with Gasteiger partial charge in [0.05, 0.1) is 6.33 Å². The van der Waals surface area contributed by atoms with Gasteiger partial charge in [0.1, 0.15) is 5.01 Å². The quantitative estimate of drug-likeness (QED) is 0.756. The van der Waals surface area contributed by atoms with Gasteiger partial charge in [-0.1, -0.05) is 12.1 Å². The molecule has 0 aliphatic carbocycles. The van der Waals surface area contributed by atoms with Crippen LogP contribution in [0.1, 0.15) is 5.69 Å². The molecule has 2 amide bonds. The van der Waals surface area contributed by atoms with Gasteiger partial charge in [0.15, 0.2) is 0 Å². The molecule has 2 N–H and O–H groups in total. The second kappa shape index (κ2) is 7.06. The van der Waals surface area contributed by atoms with E-state index in [1.165, 1.54) is 0 Å². The normalized spacial score (nSPS) is 10.5. The second-order valence-corrected chi connectivity index (χ2v) is 5.91. The predicted octanol–water partition coefficient (Wildman–Crippen LogP) is 3.14. The number of hydrogen-bond acceptors (Lipinski definition) is 4. The Hall–Kier alpha value is -2.67. The standard InChI is InChI=1S/C16H17N5OS/c1-12-10-23-15(19-12)13-3-2-4-14(9-13)20-16(22)18-6-8-21-7-5-17-11-21/h2-5,7,9-11H,6,8H2,1H3,(H2,18,20,22). The first-order chi connectivity index (χ1) is 11.2. The number of imidazole rings is 1. The zero-order valence-corrected chi connectivity index (χ0v) is 13.5. The number of hydrogen-bond donors (Lipinski definition) is 2. The number of nitrogens with zero attached hydrogens (tertiary/aromatic N) is 3. The van der Waals surface area contributed by atoms with Crippen molar-refractivity contribution < 1.29 is 4.79 Å². The third kappa shape index (κ3) is 4.17. The summed E-state index contributed by atoms with van der Waals surface area (Å²) in [7, 11) is 0. The minimum atomic E-state index is -0.224. The molecule has 0 radical (unpaired) electrons. The molecule has 0 atom stereocenters. The Bertz CT molecular complexity index is 781. The fourth-order valence-corrected chi connectivity index (χ4v) is 2.90. The fraction of sp³-hybridized carbons (Fsp3) is 0.188. The molecule has 118 valence electrons. The summed E-state index contributed by atoms with van der Waals surface area (Å²) in [5.74, 6) is 0. The van der Waals surface area contributed by atoms with Crippen LogP contribution in [0.2, 0.25) is 0 Å². The van der Waals surface area contributed by atoms with Crippen LogP contribution in [0.15, 0.2) is 48.4 Å². The fourth-order valence-electron chi connectivity index (χ4n) is 2.11. The zero-order chi connectivity index (χ0) is 16.1. The van der Waals surface area contributed by atoms with Crippen molar-refractivity contribution >= 4 is 23.1 Å². The molecule has 3 aromatic rings. The Morgan fingerprint density at radius 1 is 1.39 bits per heavy atom. The molecule has 23 heavy (non-hydrogen) atoms. The lowest BCUT2D eigenvalue weighted by atomic mass is 10.2. The number of aryl methyl sites for hydroxylation is 1. The molecule has 0 aliphatic heterocycles. The first-order valence-electron chi connectivity index (χ1n) is 7.24. The van der Waals surface area contributed by atoms with Crippen molar-refractivity contribution in [1.82, 2.24) is 19.9 Å². The van der Waals surface area contributed by atoms with E-state index in [4.69, 9.17) is 0 Å². The van der Waals surface area contributed by atoms with E-state index in [-0.39, 0.29) is 6.03 Å². The molecule has 0 fully saturated rings. The van der Waals surface area contributed by atoms with Crippen LogP contribution in [0.4, 0.5) is 10.5 Å². The van der Waals surface area contributed by atoms with Gasteiger partial charge in [-0.25, -0.2) is 14.8 Å². The van der Waals surface area contributed by atoms with Crippen molar-refractivity contribution in [2.45, 2.75) is 13.5 Å². The van der Waals surface area contributed by atoms with Crippen molar-refractivity contribution in [2.24, 2.45) is 0 Å². The Morgan fingerprint density at radius 2 is 2.30 bits per heavy atom. The van der Waals surface area contributed by atoms with Crippen LogP contribution in [0.5, 0.6) is 0 Å². The van der Waals surface area contributed by atoms with Crippen molar-refractivity contribution in [3.8, 4) is 10.6 Å². The number of carbonyl (C=O) groups is 1. The SMILES string of the molecule is Cc1csc(-c2cccc(NC(=O)NCCn3ccnc3)c2)n1. The van der Waals surface area contributed by atoms with Gasteiger partial charge >= 0.3 is 6.03 Å². The highest BCUT2D eigenvalue weighted by molar-refractivity contribution is 7.13. The molecule has 1 aromatic carbocycles. The van der Waals surface area contributed by atoms with E-state index in [0.29, 0.717) is 13.1 Å². The summed E-state index contributed by atoms with van der Waals surface area (Å²) in [6.45, 7) is 3.19.